The Morgan fingerprint density at radius 1 is 1.28 bits per heavy atom. The van der Waals surface area contributed by atoms with Gasteiger partial charge in [-0.15, -0.1) is 0 Å². The maximum Gasteiger partial charge on any atom is 0.289 e. The number of rotatable bonds is 5. The van der Waals surface area contributed by atoms with Gasteiger partial charge in [-0.25, -0.2) is 18.8 Å². The Hall–Kier alpha value is -2.94. The van der Waals surface area contributed by atoms with Crippen LogP contribution in [0, 0.1) is 24.0 Å². The second kappa shape index (κ2) is 8.20. The van der Waals surface area contributed by atoms with Crippen molar-refractivity contribution in [3.63, 3.8) is 0 Å². The van der Waals surface area contributed by atoms with Gasteiger partial charge in [-0.1, -0.05) is 13.8 Å². The van der Waals surface area contributed by atoms with E-state index in [0.29, 0.717) is 24.5 Å². The van der Waals surface area contributed by atoms with Crippen LogP contribution in [-0.2, 0) is 4.74 Å². The number of halogens is 2. The SMILES string of the molecule is Cc1c(Oc2c(F)cc(NC3=NCC(C)(C)CO3)cc2F)ccnc1NC(C)O. The summed E-state index contributed by atoms with van der Waals surface area (Å²) in [7, 11) is 0. The first-order chi connectivity index (χ1) is 13.6. The van der Waals surface area contributed by atoms with E-state index in [1.807, 2.05) is 13.8 Å². The zero-order chi connectivity index (χ0) is 21.2. The van der Waals surface area contributed by atoms with Crippen molar-refractivity contribution in [2.75, 3.05) is 23.8 Å². The molecule has 7 nitrogen and oxygen atoms in total. The third-order valence-corrected chi connectivity index (χ3v) is 4.21. The highest BCUT2D eigenvalue weighted by molar-refractivity contribution is 5.89. The average molecular weight is 406 g/mol. The lowest BCUT2D eigenvalue weighted by atomic mass is 9.95. The molecule has 29 heavy (non-hydrogen) atoms. The smallest absolute Gasteiger partial charge is 0.289 e. The third-order valence-electron chi connectivity index (χ3n) is 4.21. The van der Waals surface area contributed by atoms with Crippen LogP contribution in [0.1, 0.15) is 26.3 Å². The average Bonchev–Trinajstić information content (AvgIpc) is 2.62. The number of nitrogens with zero attached hydrogens (tertiary/aromatic N) is 2. The summed E-state index contributed by atoms with van der Waals surface area (Å²) in [6.45, 7) is 8.23. The quantitative estimate of drug-likeness (QED) is 0.650. The first-order valence-electron chi connectivity index (χ1n) is 9.16. The van der Waals surface area contributed by atoms with E-state index in [4.69, 9.17) is 9.47 Å². The molecule has 0 fully saturated rings. The lowest BCUT2D eigenvalue weighted by Crippen LogP contribution is -2.33. The molecule has 2 aromatic rings. The largest absolute Gasteiger partial charge is 0.464 e. The van der Waals surface area contributed by atoms with Gasteiger partial charge < -0.3 is 25.2 Å². The molecular weight excluding hydrogens is 382 g/mol. The van der Waals surface area contributed by atoms with E-state index in [1.165, 1.54) is 19.2 Å². The molecule has 1 aromatic heterocycles. The van der Waals surface area contributed by atoms with E-state index in [2.05, 4.69) is 20.6 Å². The van der Waals surface area contributed by atoms with E-state index in [0.717, 1.165) is 12.1 Å². The molecular formula is C20H24F2N4O3. The minimum atomic E-state index is -0.884. The lowest BCUT2D eigenvalue weighted by Gasteiger charge is -2.28. The first-order valence-corrected chi connectivity index (χ1v) is 9.16. The van der Waals surface area contributed by atoms with Crippen LogP contribution in [0.2, 0.25) is 0 Å². The highest BCUT2D eigenvalue weighted by Gasteiger charge is 2.24. The third kappa shape index (κ3) is 5.11. The number of hydrogen-bond acceptors (Lipinski definition) is 7. The van der Waals surface area contributed by atoms with Gasteiger partial charge in [-0.3, -0.25) is 0 Å². The fraction of sp³-hybridized carbons (Fsp3) is 0.400. The molecule has 2 heterocycles. The lowest BCUT2D eigenvalue weighted by molar-refractivity contribution is 0.156. The van der Waals surface area contributed by atoms with E-state index >= 15 is 0 Å². The minimum Gasteiger partial charge on any atom is -0.464 e. The van der Waals surface area contributed by atoms with Gasteiger partial charge in [0.25, 0.3) is 6.02 Å². The fourth-order valence-electron chi connectivity index (χ4n) is 2.65. The van der Waals surface area contributed by atoms with Gasteiger partial charge in [0.1, 0.15) is 17.8 Å². The topological polar surface area (TPSA) is 88.0 Å². The summed E-state index contributed by atoms with van der Waals surface area (Å²) in [6, 6.07) is 3.92. The summed E-state index contributed by atoms with van der Waals surface area (Å²) in [6.07, 6.45) is 0.574. The second-order valence-corrected chi connectivity index (χ2v) is 7.67. The standard InChI is InChI=1S/C20H24F2N4O3/c1-11-16(5-6-23-18(11)25-12(2)27)29-17-14(21)7-13(8-15(17)22)26-19-24-9-20(3,4)10-28-19/h5-8,12,27H,9-10H2,1-4H3,(H,23,25)(H,24,26). The molecule has 1 unspecified atom stereocenters. The van der Waals surface area contributed by atoms with Gasteiger partial charge in [-0.2, -0.15) is 0 Å². The van der Waals surface area contributed by atoms with Crippen LogP contribution in [-0.4, -0.2) is 35.5 Å². The summed E-state index contributed by atoms with van der Waals surface area (Å²) >= 11 is 0. The molecule has 0 aliphatic carbocycles. The van der Waals surface area contributed by atoms with Crippen LogP contribution in [0.5, 0.6) is 11.5 Å². The number of amidine groups is 1. The summed E-state index contributed by atoms with van der Waals surface area (Å²) < 4.78 is 40.1. The molecule has 156 valence electrons. The van der Waals surface area contributed by atoms with Crippen LogP contribution in [0.4, 0.5) is 20.3 Å². The summed E-state index contributed by atoms with van der Waals surface area (Å²) in [5.41, 5.74) is 0.583. The number of hydrogen-bond donors (Lipinski definition) is 3. The molecule has 1 aromatic carbocycles. The molecule has 1 aliphatic heterocycles. The Bertz CT molecular complexity index is 909. The molecule has 0 bridgehead atoms. The second-order valence-electron chi connectivity index (χ2n) is 7.67. The molecule has 3 N–H and O–H groups in total. The maximum atomic E-state index is 14.6. The zero-order valence-corrected chi connectivity index (χ0v) is 16.7. The fourth-order valence-corrected chi connectivity index (χ4v) is 2.65. The number of nitrogens with one attached hydrogen (secondary N) is 2. The molecule has 0 radical (unpaired) electrons. The van der Waals surface area contributed by atoms with Gasteiger partial charge in [0.05, 0.1) is 13.2 Å². The number of aromatic nitrogens is 1. The van der Waals surface area contributed by atoms with Crippen LogP contribution < -0.4 is 15.4 Å². The summed E-state index contributed by atoms with van der Waals surface area (Å²) in [5, 5.41) is 15.0. The van der Waals surface area contributed by atoms with Gasteiger partial charge in [0.2, 0.25) is 0 Å². The van der Waals surface area contributed by atoms with Crippen molar-refractivity contribution in [1.82, 2.24) is 4.98 Å². The number of aliphatic hydroxyl groups is 1. The van der Waals surface area contributed by atoms with E-state index in [1.54, 1.807) is 6.92 Å². The number of pyridine rings is 1. The Morgan fingerprint density at radius 3 is 2.55 bits per heavy atom. The van der Waals surface area contributed by atoms with Crippen molar-refractivity contribution in [3.8, 4) is 11.5 Å². The van der Waals surface area contributed by atoms with Gasteiger partial charge in [0.15, 0.2) is 17.4 Å². The van der Waals surface area contributed by atoms with Crippen molar-refractivity contribution in [3.05, 3.63) is 41.6 Å². The van der Waals surface area contributed by atoms with Crippen LogP contribution in [0.25, 0.3) is 0 Å². The zero-order valence-electron chi connectivity index (χ0n) is 16.7. The van der Waals surface area contributed by atoms with Crippen molar-refractivity contribution >= 4 is 17.5 Å². The van der Waals surface area contributed by atoms with Crippen molar-refractivity contribution < 1.29 is 23.4 Å². The van der Waals surface area contributed by atoms with Gasteiger partial charge >= 0.3 is 0 Å². The van der Waals surface area contributed by atoms with Gasteiger partial charge in [-0.05, 0) is 19.9 Å². The van der Waals surface area contributed by atoms with E-state index in [-0.39, 0.29) is 22.9 Å². The molecule has 0 spiro atoms. The normalized spacial score (nSPS) is 16.4. The van der Waals surface area contributed by atoms with E-state index < -0.39 is 23.6 Å². The van der Waals surface area contributed by atoms with Gasteiger partial charge in [0, 0.05) is 35.0 Å². The highest BCUT2D eigenvalue weighted by Crippen LogP contribution is 2.33. The summed E-state index contributed by atoms with van der Waals surface area (Å²) in [5.74, 6) is -1.74. The number of benzene rings is 1. The van der Waals surface area contributed by atoms with Crippen molar-refractivity contribution in [2.45, 2.75) is 33.9 Å². The molecule has 9 heteroatoms. The molecule has 1 aliphatic rings. The number of aliphatic imine (C=N–C) groups is 1. The predicted molar refractivity (Wildman–Crippen MR) is 106 cm³/mol. The van der Waals surface area contributed by atoms with Crippen molar-refractivity contribution in [1.29, 1.82) is 0 Å². The molecule has 1 atom stereocenters. The molecule has 0 saturated carbocycles. The minimum absolute atomic E-state index is 0.0801. The first kappa shape index (κ1) is 20.8. The Kier molecular flexibility index (Phi) is 5.88. The Balaban J connectivity index is 1.79. The molecule has 0 amide bonds. The number of anilines is 2. The molecule has 3 rings (SSSR count). The molecule has 0 saturated heterocycles. The highest BCUT2D eigenvalue weighted by atomic mass is 19.1. The number of ether oxygens (including phenoxy) is 2. The Labute approximate surface area is 167 Å². The number of aliphatic hydroxyl groups excluding tert-OH is 1. The Morgan fingerprint density at radius 2 is 1.97 bits per heavy atom. The van der Waals surface area contributed by atoms with Crippen LogP contribution >= 0.6 is 0 Å². The predicted octanol–water partition coefficient (Wildman–Crippen LogP) is 4.04. The maximum absolute atomic E-state index is 14.6. The van der Waals surface area contributed by atoms with Crippen LogP contribution in [0.3, 0.4) is 0 Å². The van der Waals surface area contributed by atoms with Crippen molar-refractivity contribution in [2.24, 2.45) is 10.4 Å². The monoisotopic (exact) mass is 406 g/mol. The van der Waals surface area contributed by atoms with E-state index in [9.17, 15) is 13.9 Å². The van der Waals surface area contributed by atoms with Crippen LogP contribution in [0.15, 0.2) is 29.4 Å². The summed E-state index contributed by atoms with van der Waals surface area (Å²) in [4.78, 5) is 8.32.